The zero-order valence-electron chi connectivity index (χ0n) is 11.9. The number of aliphatic hydroxyl groups excluding tert-OH is 1. The lowest BCUT2D eigenvalue weighted by Crippen LogP contribution is -2.23. The van der Waals surface area contributed by atoms with E-state index in [-0.39, 0.29) is 6.61 Å². The molecule has 0 fully saturated rings. The number of nitrogens with one attached hydrogen (secondary N) is 1. The second-order valence-electron chi connectivity index (χ2n) is 4.65. The molecule has 0 saturated carbocycles. The highest BCUT2D eigenvalue weighted by Gasteiger charge is 2.05. The number of nitrogens with zero attached hydrogens (tertiary/aromatic N) is 1. The second kappa shape index (κ2) is 8.85. The SMILES string of the molecule is CCOCC(O)COc1ccc(CNC(C)C)nc1. The van der Waals surface area contributed by atoms with Crippen LogP contribution in [0.15, 0.2) is 18.3 Å². The van der Waals surface area contributed by atoms with Crippen LogP contribution < -0.4 is 10.1 Å². The Bertz CT molecular complexity index is 341. The van der Waals surface area contributed by atoms with Crippen molar-refractivity contribution in [3.8, 4) is 5.75 Å². The van der Waals surface area contributed by atoms with Crippen LogP contribution in [0.25, 0.3) is 0 Å². The number of hydrogen-bond acceptors (Lipinski definition) is 5. The largest absolute Gasteiger partial charge is 0.489 e. The van der Waals surface area contributed by atoms with Gasteiger partial charge in [0.05, 0.1) is 18.5 Å². The Morgan fingerprint density at radius 2 is 2.11 bits per heavy atom. The van der Waals surface area contributed by atoms with Crippen molar-refractivity contribution in [1.82, 2.24) is 10.3 Å². The standard InChI is InChI=1S/C14H24N2O3/c1-4-18-9-13(17)10-19-14-6-5-12(16-8-14)7-15-11(2)3/h5-6,8,11,13,15,17H,4,7,9-10H2,1-3H3. The molecule has 5 nitrogen and oxygen atoms in total. The summed E-state index contributed by atoms with van der Waals surface area (Å²) < 4.78 is 10.5. The fraction of sp³-hybridized carbons (Fsp3) is 0.643. The summed E-state index contributed by atoms with van der Waals surface area (Å²) in [5, 5.41) is 12.9. The molecule has 19 heavy (non-hydrogen) atoms. The van der Waals surface area contributed by atoms with Crippen molar-refractivity contribution < 1.29 is 14.6 Å². The topological polar surface area (TPSA) is 63.6 Å². The first kappa shape index (κ1) is 15.9. The normalized spacial score (nSPS) is 12.7. The van der Waals surface area contributed by atoms with Crippen LogP contribution in [0, 0.1) is 0 Å². The fourth-order valence-corrected chi connectivity index (χ4v) is 1.40. The van der Waals surface area contributed by atoms with Crippen molar-refractivity contribution >= 4 is 0 Å². The van der Waals surface area contributed by atoms with Gasteiger partial charge in [0, 0.05) is 19.2 Å². The number of hydrogen-bond donors (Lipinski definition) is 2. The summed E-state index contributed by atoms with van der Waals surface area (Å²) in [6.07, 6.45) is 1.06. The number of pyridine rings is 1. The summed E-state index contributed by atoms with van der Waals surface area (Å²) in [5.41, 5.74) is 0.968. The summed E-state index contributed by atoms with van der Waals surface area (Å²) >= 11 is 0. The van der Waals surface area contributed by atoms with E-state index in [2.05, 4.69) is 24.1 Å². The van der Waals surface area contributed by atoms with Crippen molar-refractivity contribution in [2.45, 2.75) is 39.5 Å². The monoisotopic (exact) mass is 268 g/mol. The van der Waals surface area contributed by atoms with E-state index in [0.717, 1.165) is 12.2 Å². The van der Waals surface area contributed by atoms with Crippen molar-refractivity contribution in [2.75, 3.05) is 19.8 Å². The molecule has 0 radical (unpaired) electrons. The van der Waals surface area contributed by atoms with Crippen LogP contribution in [0.5, 0.6) is 5.75 Å². The number of aliphatic hydroxyl groups is 1. The van der Waals surface area contributed by atoms with E-state index < -0.39 is 6.10 Å². The summed E-state index contributed by atoms with van der Waals surface area (Å²) in [4.78, 5) is 4.29. The van der Waals surface area contributed by atoms with E-state index in [9.17, 15) is 5.11 Å². The van der Waals surface area contributed by atoms with Gasteiger partial charge < -0.3 is 19.9 Å². The molecule has 1 rings (SSSR count). The van der Waals surface area contributed by atoms with Gasteiger partial charge in [-0.15, -0.1) is 0 Å². The van der Waals surface area contributed by atoms with E-state index in [0.29, 0.717) is 25.0 Å². The van der Waals surface area contributed by atoms with Gasteiger partial charge in [-0.25, -0.2) is 0 Å². The average molecular weight is 268 g/mol. The second-order valence-corrected chi connectivity index (χ2v) is 4.65. The molecule has 108 valence electrons. The van der Waals surface area contributed by atoms with Crippen molar-refractivity contribution in [1.29, 1.82) is 0 Å². The highest BCUT2D eigenvalue weighted by molar-refractivity contribution is 5.19. The van der Waals surface area contributed by atoms with E-state index in [1.807, 2.05) is 19.1 Å². The predicted molar refractivity (Wildman–Crippen MR) is 74.2 cm³/mol. The minimum atomic E-state index is -0.609. The maximum Gasteiger partial charge on any atom is 0.137 e. The van der Waals surface area contributed by atoms with Gasteiger partial charge in [-0.3, -0.25) is 4.98 Å². The fourth-order valence-electron chi connectivity index (χ4n) is 1.40. The average Bonchev–Trinajstić information content (AvgIpc) is 2.41. The van der Waals surface area contributed by atoms with Gasteiger partial charge in [0.25, 0.3) is 0 Å². The third-order valence-electron chi connectivity index (χ3n) is 2.45. The molecule has 0 aliphatic heterocycles. The van der Waals surface area contributed by atoms with Crippen LogP contribution in [0.1, 0.15) is 26.5 Å². The minimum absolute atomic E-state index is 0.214. The Morgan fingerprint density at radius 1 is 1.32 bits per heavy atom. The van der Waals surface area contributed by atoms with Gasteiger partial charge in [-0.1, -0.05) is 13.8 Å². The molecule has 0 aliphatic carbocycles. The van der Waals surface area contributed by atoms with E-state index in [4.69, 9.17) is 9.47 Å². The van der Waals surface area contributed by atoms with Gasteiger partial charge in [0.15, 0.2) is 0 Å². The van der Waals surface area contributed by atoms with Crippen molar-refractivity contribution in [2.24, 2.45) is 0 Å². The molecule has 1 unspecified atom stereocenters. The third-order valence-corrected chi connectivity index (χ3v) is 2.45. The number of aromatic nitrogens is 1. The molecule has 5 heteroatoms. The molecule has 0 amide bonds. The number of rotatable bonds is 9. The van der Waals surface area contributed by atoms with Crippen molar-refractivity contribution in [3.63, 3.8) is 0 Å². The van der Waals surface area contributed by atoms with Gasteiger partial charge in [-0.2, -0.15) is 0 Å². The third kappa shape index (κ3) is 7.10. The maximum absolute atomic E-state index is 9.56. The van der Waals surface area contributed by atoms with E-state index in [1.165, 1.54) is 0 Å². The molecule has 0 spiro atoms. The van der Waals surface area contributed by atoms with E-state index >= 15 is 0 Å². The van der Waals surface area contributed by atoms with Crippen LogP contribution in [0.4, 0.5) is 0 Å². The Kier molecular flexibility index (Phi) is 7.40. The number of ether oxygens (including phenoxy) is 2. The first-order valence-corrected chi connectivity index (χ1v) is 6.68. The van der Waals surface area contributed by atoms with Crippen molar-refractivity contribution in [3.05, 3.63) is 24.0 Å². The van der Waals surface area contributed by atoms with Crippen LogP contribution in [0.3, 0.4) is 0 Å². The lowest BCUT2D eigenvalue weighted by molar-refractivity contribution is 0.0164. The Morgan fingerprint density at radius 3 is 2.68 bits per heavy atom. The van der Waals surface area contributed by atoms with Crippen LogP contribution in [0.2, 0.25) is 0 Å². The van der Waals surface area contributed by atoms with Crippen LogP contribution in [-0.4, -0.2) is 42.1 Å². The summed E-state index contributed by atoms with van der Waals surface area (Å²) in [6.45, 7) is 7.92. The Labute approximate surface area is 115 Å². The molecule has 2 N–H and O–H groups in total. The van der Waals surface area contributed by atoms with Gasteiger partial charge in [-0.05, 0) is 19.1 Å². The first-order valence-electron chi connectivity index (χ1n) is 6.68. The van der Waals surface area contributed by atoms with Gasteiger partial charge in [0.2, 0.25) is 0 Å². The lowest BCUT2D eigenvalue weighted by Gasteiger charge is -2.12. The van der Waals surface area contributed by atoms with Crippen LogP contribution >= 0.6 is 0 Å². The maximum atomic E-state index is 9.56. The smallest absolute Gasteiger partial charge is 0.137 e. The minimum Gasteiger partial charge on any atom is -0.489 e. The zero-order chi connectivity index (χ0) is 14.1. The molecule has 0 aromatic carbocycles. The summed E-state index contributed by atoms with van der Waals surface area (Å²) in [6, 6.07) is 4.21. The Hall–Kier alpha value is -1.17. The molecule has 0 bridgehead atoms. The highest BCUT2D eigenvalue weighted by atomic mass is 16.5. The van der Waals surface area contributed by atoms with Gasteiger partial charge in [0.1, 0.15) is 18.5 Å². The Balaban J connectivity index is 2.31. The molecule has 1 aromatic heterocycles. The quantitative estimate of drug-likeness (QED) is 0.708. The molecular formula is C14H24N2O3. The molecule has 0 saturated heterocycles. The zero-order valence-corrected chi connectivity index (χ0v) is 11.9. The summed E-state index contributed by atoms with van der Waals surface area (Å²) in [5.74, 6) is 0.656. The highest BCUT2D eigenvalue weighted by Crippen LogP contribution is 2.09. The van der Waals surface area contributed by atoms with Crippen LogP contribution in [-0.2, 0) is 11.3 Å². The van der Waals surface area contributed by atoms with E-state index in [1.54, 1.807) is 6.20 Å². The summed E-state index contributed by atoms with van der Waals surface area (Å²) in [7, 11) is 0. The molecule has 1 atom stereocenters. The molecule has 1 aromatic rings. The molecule has 1 heterocycles. The molecule has 0 aliphatic rings. The lowest BCUT2D eigenvalue weighted by atomic mass is 10.3. The first-order chi connectivity index (χ1) is 9.11. The predicted octanol–water partition coefficient (Wildman–Crippen LogP) is 1.36. The van der Waals surface area contributed by atoms with Gasteiger partial charge >= 0.3 is 0 Å². The molecular weight excluding hydrogens is 244 g/mol.